The van der Waals surface area contributed by atoms with Gasteiger partial charge in [-0.1, -0.05) is 72.8 Å². The molecule has 0 atom stereocenters. The Bertz CT molecular complexity index is 1790. The van der Waals surface area contributed by atoms with Crippen molar-refractivity contribution < 1.29 is 35.5 Å². The lowest BCUT2D eigenvalue weighted by molar-refractivity contribution is -0.185. The molecule has 0 amide bonds. The van der Waals surface area contributed by atoms with Crippen LogP contribution in [0.25, 0.3) is 33.4 Å². The molecule has 0 spiro atoms. The van der Waals surface area contributed by atoms with E-state index in [1.165, 1.54) is 35.9 Å². The molecule has 0 aliphatic carbocycles. The van der Waals surface area contributed by atoms with Crippen LogP contribution in [0.2, 0.25) is 0 Å². The van der Waals surface area contributed by atoms with Crippen LogP contribution in [-0.4, -0.2) is 0 Å². The number of allylic oxidation sites excluding steroid dienone is 2. The van der Waals surface area contributed by atoms with Crippen molar-refractivity contribution in [2.24, 2.45) is 0 Å². The Morgan fingerprint density at radius 3 is 1.70 bits per heavy atom. The van der Waals surface area contributed by atoms with E-state index in [0.717, 1.165) is 36.6 Å². The zero-order valence-electron chi connectivity index (χ0n) is 23.4. The Kier molecular flexibility index (Phi) is 8.90. The van der Waals surface area contributed by atoms with Gasteiger partial charge in [0, 0.05) is 23.3 Å². The van der Waals surface area contributed by atoms with Gasteiger partial charge in [0.2, 0.25) is 0 Å². The summed E-state index contributed by atoms with van der Waals surface area (Å²) in [6.45, 7) is 1.98. The van der Waals surface area contributed by atoms with Gasteiger partial charge in [-0.3, -0.25) is 0 Å². The number of ether oxygens (including phenoxy) is 1. The second-order valence-electron chi connectivity index (χ2n) is 10.1. The molecule has 0 aromatic heterocycles. The molecule has 0 bridgehead atoms. The van der Waals surface area contributed by atoms with E-state index in [0.29, 0.717) is 23.3 Å². The number of halogens is 7. The fourth-order valence-corrected chi connectivity index (χ4v) is 4.77. The lowest BCUT2D eigenvalue weighted by atomic mass is 9.96. The molecule has 224 valence electrons. The van der Waals surface area contributed by atoms with Gasteiger partial charge in [-0.05, 0) is 71.8 Å². The molecule has 5 aromatic carbocycles. The van der Waals surface area contributed by atoms with Gasteiger partial charge in [-0.15, -0.1) is 0 Å². The van der Waals surface area contributed by atoms with E-state index in [-0.39, 0.29) is 16.7 Å². The highest BCUT2D eigenvalue weighted by Gasteiger charge is 2.35. The zero-order chi connectivity index (χ0) is 31.4. The van der Waals surface area contributed by atoms with Crippen LogP contribution in [0.3, 0.4) is 0 Å². The summed E-state index contributed by atoms with van der Waals surface area (Å²) in [6, 6.07) is 21.7. The van der Waals surface area contributed by atoms with Gasteiger partial charge in [-0.2, -0.15) is 8.78 Å². The first-order chi connectivity index (χ1) is 21.1. The summed E-state index contributed by atoms with van der Waals surface area (Å²) >= 11 is 0. The highest BCUT2D eigenvalue weighted by Crippen LogP contribution is 2.36. The first kappa shape index (κ1) is 30.6. The lowest BCUT2D eigenvalue weighted by Gasteiger charge is -2.19. The van der Waals surface area contributed by atoms with Gasteiger partial charge in [-0.25, -0.2) is 22.0 Å². The van der Waals surface area contributed by atoms with E-state index in [2.05, 4.69) is 10.8 Å². The summed E-state index contributed by atoms with van der Waals surface area (Å²) in [5, 5.41) is 0. The van der Waals surface area contributed by atoms with E-state index in [1.807, 2.05) is 37.3 Å². The first-order valence-corrected chi connectivity index (χ1v) is 13.7. The van der Waals surface area contributed by atoms with Crippen molar-refractivity contribution in [1.82, 2.24) is 0 Å². The third-order valence-corrected chi connectivity index (χ3v) is 7.11. The van der Waals surface area contributed by atoms with E-state index >= 15 is 8.78 Å². The predicted octanol–water partition coefficient (Wildman–Crippen LogP) is 11.0. The fraction of sp³-hybridized carbons (Fsp3) is 0.111. The van der Waals surface area contributed by atoms with Crippen LogP contribution < -0.4 is 4.74 Å². The molecule has 0 radical (unpaired) electrons. The van der Waals surface area contributed by atoms with Crippen molar-refractivity contribution in [1.29, 1.82) is 0 Å². The molecular weight excluding hydrogens is 581 g/mol. The molecule has 0 saturated heterocycles. The van der Waals surface area contributed by atoms with Crippen LogP contribution >= 0.6 is 0 Å². The van der Waals surface area contributed by atoms with Crippen LogP contribution in [0, 0.1) is 29.1 Å². The van der Waals surface area contributed by atoms with E-state index < -0.39 is 46.5 Å². The summed E-state index contributed by atoms with van der Waals surface area (Å²) in [6.07, 6.45) is 1.92. The van der Waals surface area contributed by atoms with Crippen molar-refractivity contribution in [2.75, 3.05) is 0 Å². The van der Waals surface area contributed by atoms with Gasteiger partial charge in [0.15, 0.2) is 17.5 Å². The normalized spacial score (nSPS) is 11.7. The summed E-state index contributed by atoms with van der Waals surface area (Å²) in [7, 11) is 0. The average Bonchev–Trinajstić information content (AvgIpc) is 3.00. The van der Waals surface area contributed by atoms with Gasteiger partial charge in [0.1, 0.15) is 17.4 Å². The minimum Gasteiger partial charge on any atom is -0.429 e. The molecule has 0 aliphatic rings. The molecule has 8 heteroatoms. The van der Waals surface area contributed by atoms with Gasteiger partial charge >= 0.3 is 6.11 Å². The van der Waals surface area contributed by atoms with E-state index in [4.69, 9.17) is 0 Å². The number of aryl methyl sites for hydroxylation is 1. The van der Waals surface area contributed by atoms with Crippen LogP contribution in [0.1, 0.15) is 24.5 Å². The lowest BCUT2D eigenvalue weighted by Crippen LogP contribution is -2.22. The van der Waals surface area contributed by atoms with Crippen LogP contribution in [0.5, 0.6) is 5.75 Å². The van der Waals surface area contributed by atoms with E-state index in [1.54, 1.807) is 12.1 Å². The highest BCUT2D eigenvalue weighted by atomic mass is 19.3. The Hall–Kier alpha value is -4.85. The quantitative estimate of drug-likeness (QED) is 0.0922. The van der Waals surface area contributed by atoms with Crippen LogP contribution in [-0.2, 0) is 12.5 Å². The molecule has 0 aliphatic heterocycles. The molecule has 1 nitrogen and oxygen atoms in total. The Morgan fingerprint density at radius 1 is 0.591 bits per heavy atom. The minimum absolute atomic E-state index is 0.0822. The number of benzene rings is 5. The number of hydrogen-bond donors (Lipinski definition) is 0. The molecule has 5 aromatic rings. The second-order valence-corrected chi connectivity index (χ2v) is 10.1. The van der Waals surface area contributed by atoms with Crippen LogP contribution in [0.15, 0.2) is 109 Å². The smallest absolute Gasteiger partial charge is 0.426 e. The SMILES string of the molecule is CC=CCCc1ccc(-c2ccc(-c3ccc(-c4ccc(C(F)(F)Oc5cc(F)c(F)c(F)c5)cc4)c(F)c3)c(F)c2)cc1. The molecule has 0 N–H and O–H groups in total. The van der Waals surface area contributed by atoms with E-state index in [9.17, 15) is 22.0 Å². The Labute approximate surface area is 249 Å². The topological polar surface area (TPSA) is 9.23 Å². The Morgan fingerprint density at radius 2 is 1.11 bits per heavy atom. The van der Waals surface area contributed by atoms with Gasteiger partial charge in [0.05, 0.1) is 5.56 Å². The standard InChI is InChI=1S/C36H25F7O/c1-2-3-4-5-22-6-8-23(9-7-22)25-12-16-30(31(37)18-25)26-13-17-29(32(38)19-26)24-10-14-27(15-11-24)36(42,43)44-28-20-33(39)35(41)34(40)21-28/h2-3,6-21H,4-5H2,1H3. The minimum atomic E-state index is -4.03. The summed E-state index contributed by atoms with van der Waals surface area (Å²) in [5.41, 5.74) is 2.84. The monoisotopic (exact) mass is 606 g/mol. The second kappa shape index (κ2) is 12.8. The summed E-state index contributed by atoms with van der Waals surface area (Å²) in [4.78, 5) is 0. The first-order valence-electron chi connectivity index (χ1n) is 13.7. The molecule has 0 heterocycles. The van der Waals surface area contributed by atoms with Crippen molar-refractivity contribution in [3.63, 3.8) is 0 Å². The largest absolute Gasteiger partial charge is 0.429 e. The number of hydrogen-bond acceptors (Lipinski definition) is 1. The molecule has 0 unspecified atom stereocenters. The average molecular weight is 607 g/mol. The molecular formula is C36H25F7O. The third kappa shape index (κ3) is 6.70. The zero-order valence-corrected chi connectivity index (χ0v) is 23.4. The van der Waals surface area contributed by atoms with Gasteiger partial charge in [0.25, 0.3) is 0 Å². The molecule has 5 rings (SSSR count). The van der Waals surface area contributed by atoms with Crippen molar-refractivity contribution in [3.8, 4) is 39.1 Å². The predicted molar refractivity (Wildman–Crippen MR) is 157 cm³/mol. The number of rotatable bonds is 9. The maximum absolute atomic E-state index is 15.2. The fourth-order valence-electron chi connectivity index (χ4n) is 4.77. The molecule has 0 fully saturated rings. The van der Waals surface area contributed by atoms with Crippen LogP contribution in [0.4, 0.5) is 30.7 Å². The van der Waals surface area contributed by atoms with Gasteiger partial charge < -0.3 is 4.74 Å². The third-order valence-electron chi connectivity index (χ3n) is 7.11. The van der Waals surface area contributed by atoms with Crippen molar-refractivity contribution in [3.05, 3.63) is 149 Å². The van der Waals surface area contributed by atoms with Crippen molar-refractivity contribution in [2.45, 2.75) is 25.9 Å². The summed E-state index contributed by atoms with van der Waals surface area (Å²) in [5.74, 6) is -7.31. The Balaban J connectivity index is 1.32. The molecule has 44 heavy (non-hydrogen) atoms. The highest BCUT2D eigenvalue weighted by molar-refractivity contribution is 5.74. The summed E-state index contributed by atoms with van der Waals surface area (Å²) < 4.78 is 104. The molecule has 0 saturated carbocycles. The number of alkyl halides is 2. The maximum Gasteiger partial charge on any atom is 0.426 e. The maximum atomic E-state index is 15.2. The van der Waals surface area contributed by atoms with Crippen molar-refractivity contribution >= 4 is 0 Å².